The molecule has 0 radical (unpaired) electrons. The van der Waals surface area contributed by atoms with Crippen LogP contribution in [0.2, 0.25) is 0 Å². The lowest BCUT2D eigenvalue weighted by Crippen LogP contribution is -2.13. The number of aryl methyl sites for hydroxylation is 1. The number of hydrogen-bond acceptors (Lipinski definition) is 4. The summed E-state index contributed by atoms with van der Waals surface area (Å²) in [6.45, 7) is 0.365. The first-order valence-electron chi connectivity index (χ1n) is 4.97. The van der Waals surface area contributed by atoms with E-state index in [1.807, 2.05) is 0 Å². The molecule has 0 amide bonds. The van der Waals surface area contributed by atoms with Crippen molar-refractivity contribution in [1.82, 2.24) is 0 Å². The summed E-state index contributed by atoms with van der Waals surface area (Å²) in [7, 11) is 0. The normalized spacial score (nSPS) is 10.4. The summed E-state index contributed by atoms with van der Waals surface area (Å²) in [6, 6.07) is 2.80. The number of esters is 1. The average molecular weight is 245 g/mol. The molecule has 0 atom stereocenters. The molecule has 1 aromatic carbocycles. The third kappa shape index (κ3) is 3.30. The van der Waals surface area contributed by atoms with E-state index in [1.54, 1.807) is 13.8 Å². The maximum Gasteiger partial charge on any atom is 0.387 e. The predicted octanol–water partition coefficient (Wildman–Crippen LogP) is 2.36. The topological polar surface area (TPSA) is 61.5 Å². The molecule has 2 N–H and O–H groups in total. The van der Waals surface area contributed by atoms with Gasteiger partial charge in [-0.15, -0.1) is 0 Å². The molecule has 1 aromatic rings. The fraction of sp³-hybridized carbons (Fsp3) is 0.364. The van der Waals surface area contributed by atoms with Gasteiger partial charge in [0.15, 0.2) is 0 Å². The number of halogens is 2. The molecule has 17 heavy (non-hydrogen) atoms. The van der Waals surface area contributed by atoms with E-state index in [1.165, 1.54) is 12.1 Å². The molecule has 0 aromatic heterocycles. The van der Waals surface area contributed by atoms with Gasteiger partial charge in [-0.2, -0.15) is 8.78 Å². The Labute approximate surface area is 97.3 Å². The number of nitrogens with two attached hydrogens (primary N) is 1. The van der Waals surface area contributed by atoms with Crippen LogP contribution in [0.15, 0.2) is 12.1 Å². The van der Waals surface area contributed by atoms with Crippen LogP contribution in [0.25, 0.3) is 0 Å². The molecule has 0 bridgehead atoms. The van der Waals surface area contributed by atoms with Gasteiger partial charge in [0.1, 0.15) is 11.3 Å². The Morgan fingerprint density at radius 1 is 1.47 bits per heavy atom. The Bertz CT molecular complexity index is 421. The Balaban J connectivity index is 3.20. The zero-order valence-electron chi connectivity index (χ0n) is 9.50. The maximum absolute atomic E-state index is 12.2. The van der Waals surface area contributed by atoms with Gasteiger partial charge in [0, 0.05) is 0 Å². The van der Waals surface area contributed by atoms with E-state index in [0.29, 0.717) is 5.56 Å². The highest BCUT2D eigenvalue weighted by atomic mass is 19.3. The SMILES string of the molecule is CCOC(=O)c1c(N)cc(C)cc1OC(F)F. The number of carbonyl (C=O) groups is 1. The summed E-state index contributed by atoms with van der Waals surface area (Å²) in [5.41, 5.74) is 6.11. The van der Waals surface area contributed by atoms with E-state index < -0.39 is 12.6 Å². The molecular formula is C11H13F2NO3. The van der Waals surface area contributed by atoms with E-state index in [0.717, 1.165) is 0 Å². The molecule has 0 spiro atoms. The van der Waals surface area contributed by atoms with Crippen LogP contribution in [0.1, 0.15) is 22.8 Å². The van der Waals surface area contributed by atoms with Crippen molar-refractivity contribution in [3.05, 3.63) is 23.3 Å². The summed E-state index contributed by atoms with van der Waals surface area (Å²) in [5.74, 6) is -1.04. The molecule has 6 heteroatoms. The lowest BCUT2D eigenvalue weighted by Gasteiger charge is -2.13. The first kappa shape index (κ1) is 13.2. The van der Waals surface area contributed by atoms with Gasteiger partial charge in [-0.25, -0.2) is 4.79 Å². The smallest absolute Gasteiger partial charge is 0.387 e. The molecule has 0 fully saturated rings. The zero-order valence-corrected chi connectivity index (χ0v) is 9.50. The van der Waals surface area contributed by atoms with E-state index in [2.05, 4.69) is 4.74 Å². The van der Waals surface area contributed by atoms with Crippen molar-refractivity contribution >= 4 is 11.7 Å². The van der Waals surface area contributed by atoms with Crippen molar-refractivity contribution in [3.63, 3.8) is 0 Å². The van der Waals surface area contributed by atoms with Crippen molar-refractivity contribution in [1.29, 1.82) is 0 Å². The van der Waals surface area contributed by atoms with Crippen molar-refractivity contribution in [2.45, 2.75) is 20.5 Å². The average Bonchev–Trinajstić information content (AvgIpc) is 2.15. The summed E-state index contributed by atoms with van der Waals surface area (Å²) >= 11 is 0. The van der Waals surface area contributed by atoms with E-state index in [9.17, 15) is 13.6 Å². The van der Waals surface area contributed by atoms with Crippen LogP contribution in [0, 0.1) is 6.92 Å². The fourth-order valence-electron chi connectivity index (χ4n) is 1.39. The van der Waals surface area contributed by atoms with E-state index in [4.69, 9.17) is 10.5 Å². The molecule has 0 unspecified atom stereocenters. The van der Waals surface area contributed by atoms with Crippen molar-refractivity contribution < 1.29 is 23.0 Å². The van der Waals surface area contributed by atoms with Crippen LogP contribution < -0.4 is 10.5 Å². The minimum absolute atomic E-state index is 0.0547. The summed E-state index contributed by atoms with van der Waals surface area (Å²) in [6.07, 6.45) is 0. The third-order valence-electron chi connectivity index (χ3n) is 1.97. The number of carbonyl (C=O) groups excluding carboxylic acids is 1. The van der Waals surface area contributed by atoms with Gasteiger partial charge in [-0.1, -0.05) is 0 Å². The number of hydrogen-bond donors (Lipinski definition) is 1. The quantitative estimate of drug-likeness (QED) is 0.653. The predicted molar refractivity (Wildman–Crippen MR) is 58.2 cm³/mol. The van der Waals surface area contributed by atoms with Gasteiger partial charge >= 0.3 is 12.6 Å². The number of alkyl halides is 2. The first-order valence-corrected chi connectivity index (χ1v) is 4.97. The molecule has 0 saturated carbocycles. The van der Waals surface area contributed by atoms with Crippen LogP contribution in [-0.2, 0) is 4.74 Å². The molecule has 0 aliphatic heterocycles. The monoisotopic (exact) mass is 245 g/mol. The second kappa shape index (κ2) is 5.47. The number of rotatable bonds is 4. The molecule has 4 nitrogen and oxygen atoms in total. The van der Waals surface area contributed by atoms with Crippen LogP contribution in [-0.4, -0.2) is 19.2 Å². The van der Waals surface area contributed by atoms with Gasteiger partial charge in [0.2, 0.25) is 0 Å². The van der Waals surface area contributed by atoms with Crippen molar-refractivity contribution in [2.75, 3.05) is 12.3 Å². The second-order valence-corrected chi connectivity index (χ2v) is 3.33. The number of nitrogen functional groups attached to an aromatic ring is 1. The zero-order chi connectivity index (χ0) is 13.0. The van der Waals surface area contributed by atoms with Crippen molar-refractivity contribution in [3.8, 4) is 5.75 Å². The van der Waals surface area contributed by atoms with E-state index >= 15 is 0 Å². The van der Waals surface area contributed by atoms with Crippen LogP contribution in [0.4, 0.5) is 14.5 Å². The highest BCUT2D eigenvalue weighted by Crippen LogP contribution is 2.28. The number of ether oxygens (including phenoxy) is 2. The molecule has 0 aliphatic carbocycles. The Kier molecular flexibility index (Phi) is 4.25. The van der Waals surface area contributed by atoms with Crippen LogP contribution in [0.5, 0.6) is 5.75 Å². The third-order valence-corrected chi connectivity index (χ3v) is 1.97. The lowest BCUT2D eigenvalue weighted by atomic mass is 10.1. The summed E-state index contributed by atoms with van der Waals surface area (Å²) in [5, 5.41) is 0. The molecule has 94 valence electrons. The van der Waals surface area contributed by atoms with Crippen LogP contribution >= 0.6 is 0 Å². The second-order valence-electron chi connectivity index (χ2n) is 3.33. The number of benzene rings is 1. The van der Waals surface area contributed by atoms with Gasteiger partial charge in [0.05, 0.1) is 12.3 Å². The van der Waals surface area contributed by atoms with Crippen LogP contribution in [0.3, 0.4) is 0 Å². The number of anilines is 1. The molecule has 0 saturated heterocycles. The Morgan fingerprint density at radius 2 is 2.12 bits per heavy atom. The van der Waals surface area contributed by atoms with Gasteiger partial charge in [-0.05, 0) is 31.5 Å². The highest BCUT2D eigenvalue weighted by molar-refractivity contribution is 5.98. The standard InChI is InChI=1S/C11H13F2NO3/c1-3-16-10(15)9-7(14)4-6(2)5-8(9)17-11(12)13/h4-5,11H,3,14H2,1-2H3. The highest BCUT2D eigenvalue weighted by Gasteiger charge is 2.20. The molecule has 0 heterocycles. The maximum atomic E-state index is 12.2. The largest absolute Gasteiger partial charge is 0.462 e. The van der Waals surface area contributed by atoms with Gasteiger partial charge < -0.3 is 15.2 Å². The fourth-order valence-corrected chi connectivity index (χ4v) is 1.39. The Morgan fingerprint density at radius 3 is 2.65 bits per heavy atom. The molecular weight excluding hydrogens is 232 g/mol. The first-order chi connectivity index (χ1) is 7.95. The van der Waals surface area contributed by atoms with Gasteiger partial charge in [-0.3, -0.25) is 0 Å². The summed E-state index contributed by atoms with van der Waals surface area (Å²) in [4.78, 5) is 11.6. The van der Waals surface area contributed by atoms with E-state index in [-0.39, 0.29) is 23.6 Å². The minimum atomic E-state index is -3.02. The van der Waals surface area contributed by atoms with Crippen molar-refractivity contribution in [2.24, 2.45) is 0 Å². The summed E-state index contributed by atoms with van der Waals surface area (Å²) < 4.78 is 33.4. The Hall–Kier alpha value is -1.85. The molecule has 0 aliphatic rings. The lowest BCUT2D eigenvalue weighted by molar-refractivity contribution is -0.0504. The van der Waals surface area contributed by atoms with Gasteiger partial charge in [0.25, 0.3) is 0 Å². The minimum Gasteiger partial charge on any atom is -0.462 e. The molecule has 1 rings (SSSR count).